The van der Waals surface area contributed by atoms with Gasteiger partial charge in [-0.15, -0.1) is 5.53 Å². The molecule has 1 aliphatic carbocycles. The number of nitrogens with two attached hydrogens (primary N) is 1. The molecule has 1 fully saturated rings. The summed E-state index contributed by atoms with van der Waals surface area (Å²) in [5.74, 6) is -5.85. The molecule has 8 atom stereocenters. The van der Waals surface area contributed by atoms with Crippen LogP contribution in [0.5, 0.6) is 0 Å². The summed E-state index contributed by atoms with van der Waals surface area (Å²) in [6, 6.07) is -1.19. The Morgan fingerprint density at radius 2 is 1.46 bits per heavy atom. The summed E-state index contributed by atoms with van der Waals surface area (Å²) in [6.45, 7) is 0.843. The number of carbonyl (C=O) groups is 8. The maximum Gasteiger partial charge on any atom is 0.303 e. The number of carbonyl (C=O) groups excluding carboxylic acids is 7. The quantitative estimate of drug-likeness (QED) is 0.0483. The van der Waals surface area contributed by atoms with E-state index in [0.29, 0.717) is 30.0 Å². The number of thioether (sulfide) groups is 2. The van der Waals surface area contributed by atoms with Gasteiger partial charge in [0, 0.05) is 48.6 Å². The molecule has 3 heterocycles. The second-order valence-electron chi connectivity index (χ2n) is 16.5. The number of aliphatic hydroxyl groups is 1. The van der Waals surface area contributed by atoms with E-state index in [0.717, 1.165) is 28.7 Å². The largest absolute Gasteiger partial charge is 0.481 e. The lowest BCUT2D eigenvalue weighted by atomic mass is 10.0. The monoisotopic (exact) mass is 982 g/mol. The first-order valence-corrected chi connectivity index (χ1v) is 25.0. The van der Waals surface area contributed by atoms with Crippen molar-refractivity contribution in [3.63, 3.8) is 0 Å². The Balaban J connectivity index is 1.24. The number of carboxylic acid groups (broad SMARTS) is 1. The van der Waals surface area contributed by atoms with E-state index in [-0.39, 0.29) is 25.2 Å². The highest BCUT2D eigenvalue weighted by Crippen LogP contribution is 2.26. The Kier molecular flexibility index (Phi) is 20.1. The number of benzene rings is 1. The highest BCUT2D eigenvalue weighted by atomic mass is 32.2. The van der Waals surface area contributed by atoms with E-state index >= 15 is 0 Å². The van der Waals surface area contributed by atoms with Gasteiger partial charge < -0.3 is 63.6 Å². The number of aliphatic carboxylic acids is 1. The molecule has 3 aliphatic rings. The number of nitrogens with zero attached hydrogens (tertiary/aromatic N) is 1. The molecule has 0 spiro atoms. The van der Waals surface area contributed by atoms with Crippen molar-refractivity contribution in [1.29, 1.82) is 0 Å². The van der Waals surface area contributed by atoms with Crippen LogP contribution in [-0.2, 0) is 44.8 Å². The summed E-state index contributed by atoms with van der Waals surface area (Å²) in [4.78, 5) is 109. The zero-order chi connectivity index (χ0) is 49.3. The number of para-hydroxylation sites is 1. The van der Waals surface area contributed by atoms with Crippen LogP contribution in [0.1, 0.15) is 51.0 Å². The Morgan fingerprint density at radius 3 is 2.13 bits per heavy atom. The van der Waals surface area contributed by atoms with Crippen LogP contribution in [0.3, 0.4) is 0 Å². The number of carboxylic acids is 1. The van der Waals surface area contributed by atoms with E-state index in [1.165, 1.54) is 30.4 Å². The van der Waals surface area contributed by atoms with Gasteiger partial charge in [-0.2, -0.15) is 23.5 Å². The Bertz CT molecular complexity index is 2250. The zero-order valence-electron chi connectivity index (χ0n) is 38.1. The van der Waals surface area contributed by atoms with Crippen molar-refractivity contribution in [2.75, 3.05) is 37.2 Å². The molecule has 1 aromatic heterocycles. The van der Waals surface area contributed by atoms with Crippen molar-refractivity contribution in [2.45, 2.75) is 94.2 Å². The Hall–Kier alpha value is -6.08. The molecule has 1 unspecified atom stereocenters. The zero-order valence-corrected chi connectivity index (χ0v) is 39.7. The van der Waals surface area contributed by atoms with Gasteiger partial charge in [-0.25, -0.2) is 0 Å². The minimum absolute atomic E-state index is 0.0150. The molecule has 0 bridgehead atoms. The van der Waals surface area contributed by atoms with E-state index in [1.807, 2.05) is 53.9 Å². The first-order chi connectivity index (χ1) is 32.6. The number of allylic oxidation sites excluding steroid dienone is 3. The number of aliphatic hydroxyl groups excluding tert-OH is 1. The third kappa shape index (κ3) is 15.0. The third-order valence-corrected chi connectivity index (χ3v) is 12.9. The van der Waals surface area contributed by atoms with Crippen LogP contribution in [0, 0.1) is 5.92 Å². The van der Waals surface area contributed by atoms with E-state index in [4.69, 9.17) is 5.73 Å². The molecule has 22 nitrogen and oxygen atoms in total. The lowest BCUT2D eigenvalue weighted by Crippen LogP contribution is -2.60. The molecule has 1 aromatic carbocycles. The van der Waals surface area contributed by atoms with Gasteiger partial charge in [0.05, 0.1) is 24.0 Å². The Morgan fingerprint density at radius 1 is 0.824 bits per heavy atom. The highest BCUT2D eigenvalue weighted by Gasteiger charge is 2.37. The molecular formula is C44H62N12O10S2. The molecule has 2 aliphatic heterocycles. The standard InChI is InChI=1S/C44H62N12O10S2/c1-24(39(61)50-32(15-17-68-3)41(63)49-30(38(45)60)14-16-67-2)48-40(62)31(12-13-37(58)59)51-44(66)36(23-57)53-43(65)34(18-25-20-46-29-11-7-6-10-28(25)29)52-42(64)33-19-26(21-47-33)35-22-56(55-54-35)27-8-4-5-9-27/h4,6-11,20,22,24,26,30-34,36,46-47,54-55,57H,5,12-19,21,23H2,1-3H3,(H2,45,60)(H,48,62)(H,49,63)(H,50,61)(H,51,66)(H,52,64)(H,53,65)(H,58,59)/t24-,26?,30-,31-,32-,33-,34-,36-/m0/s1. The number of aromatic nitrogens is 1. The van der Waals surface area contributed by atoms with Crippen LogP contribution in [0.15, 0.2) is 66.3 Å². The van der Waals surface area contributed by atoms with E-state index in [9.17, 15) is 48.6 Å². The normalized spacial score (nSPS) is 19.0. The molecule has 5 rings (SSSR count). The van der Waals surface area contributed by atoms with E-state index < -0.39 is 109 Å². The molecule has 0 radical (unpaired) electrons. The molecule has 14 N–H and O–H groups in total. The second-order valence-corrected chi connectivity index (χ2v) is 18.5. The number of hydrogen-bond donors (Lipinski definition) is 13. The van der Waals surface area contributed by atoms with Crippen molar-refractivity contribution < 1.29 is 48.6 Å². The van der Waals surface area contributed by atoms with Crippen molar-refractivity contribution in [1.82, 2.24) is 58.2 Å². The average Bonchev–Trinajstić information content (AvgIpc) is 4.17. The molecule has 1 saturated heterocycles. The van der Waals surface area contributed by atoms with Gasteiger partial charge in [0.2, 0.25) is 41.4 Å². The van der Waals surface area contributed by atoms with Crippen LogP contribution >= 0.6 is 23.5 Å². The van der Waals surface area contributed by atoms with Crippen molar-refractivity contribution >= 4 is 81.7 Å². The van der Waals surface area contributed by atoms with E-state index in [1.54, 1.807) is 12.5 Å². The predicted molar refractivity (Wildman–Crippen MR) is 256 cm³/mol. The minimum atomic E-state index is -1.67. The summed E-state index contributed by atoms with van der Waals surface area (Å²) >= 11 is 2.87. The number of fused-ring (bicyclic) bond motifs is 1. The van der Waals surface area contributed by atoms with Gasteiger partial charge in [0.1, 0.15) is 36.3 Å². The van der Waals surface area contributed by atoms with Gasteiger partial charge in [-0.05, 0) is 80.8 Å². The maximum atomic E-state index is 14.1. The fourth-order valence-corrected chi connectivity index (χ4v) is 8.67. The Labute approximate surface area is 401 Å². The number of rotatable bonds is 27. The van der Waals surface area contributed by atoms with Crippen LogP contribution in [0.4, 0.5) is 0 Å². The van der Waals surface area contributed by atoms with Crippen LogP contribution in [-0.4, -0.2) is 147 Å². The molecule has 68 heavy (non-hydrogen) atoms. The first-order valence-electron chi connectivity index (χ1n) is 22.2. The smallest absolute Gasteiger partial charge is 0.303 e. The van der Waals surface area contributed by atoms with Crippen molar-refractivity contribution in [3.05, 3.63) is 71.8 Å². The number of hydrazine groups is 2. The molecular weight excluding hydrogens is 921 g/mol. The molecule has 7 amide bonds. The van der Waals surface area contributed by atoms with Crippen molar-refractivity contribution in [2.24, 2.45) is 11.7 Å². The number of nitrogens with one attached hydrogen (secondary N) is 10. The summed E-state index contributed by atoms with van der Waals surface area (Å²) in [5, 5.41) is 41.1. The number of hydrogen-bond acceptors (Lipinski definition) is 15. The lowest BCUT2D eigenvalue weighted by molar-refractivity contribution is -0.139. The van der Waals surface area contributed by atoms with Crippen LogP contribution in [0.25, 0.3) is 10.9 Å². The second kappa shape index (κ2) is 25.9. The molecule has 0 saturated carbocycles. The highest BCUT2D eigenvalue weighted by molar-refractivity contribution is 7.98. The number of aromatic amines is 1. The van der Waals surface area contributed by atoms with Crippen LogP contribution in [0.2, 0.25) is 0 Å². The van der Waals surface area contributed by atoms with Crippen LogP contribution < -0.4 is 53.9 Å². The predicted octanol–water partition coefficient (Wildman–Crippen LogP) is -1.52. The molecule has 24 heteroatoms. The van der Waals surface area contributed by atoms with Gasteiger partial charge in [0.25, 0.3) is 0 Å². The summed E-state index contributed by atoms with van der Waals surface area (Å²) < 4.78 is 0. The third-order valence-electron chi connectivity index (χ3n) is 11.6. The lowest BCUT2D eigenvalue weighted by Gasteiger charge is -2.26. The number of primary amides is 1. The SMILES string of the molecule is CSCC[C@H](NC(=O)[C@H](CCSC)NC(=O)[C@H](C)NC(=O)[C@H](CCC(=O)O)NC(=O)[C@H](CO)NC(=O)[C@H](Cc1c[nH]c2ccccc12)NC(=O)[C@@H]1CC(C2=CN(C3=CCC=C3)NN2)CN1)C(N)=O. The van der Waals surface area contributed by atoms with Gasteiger partial charge >= 0.3 is 5.97 Å². The number of H-pyrrole nitrogens is 1. The maximum absolute atomic E-state index is 14.1. The summed E-state index contributed by atoms with van der Waals surface area (Å²) in [5.41, 5.74) is 15.1. The van der Waals surface area contributed by atoms with Gasteiger partial charge in [0.15, 0.2) is 0 Å². The topological polar surface area (TPSA) is 330 Å². The number of amides is 7. The van der Waals surface area contributed by atoms with Gasteiger partial charge in [-0.1, -0.05) is 30.4 Å². The summed E-state index contributed by atoms with van der Waals surface area (Å²) in [7, 11) is 0. The first kappa shape index (κ1) is 52.9. The fourth-order valence-electron chi connectivity index (χ4n) is 7.72. The van der Waals surface area contributed by atoms with E-state index in [2.05, 4.69) is 59.2 Å². The fraction of sp³-hybridized carbons (Fsp3) is 0.500. The van der Waals surface area contributed by atoms with Crippen molar-refractivity contribution in [3.8, 4) is 0 Å². The average molecular weight is 983 g/mol. The molecule has 370 valence electrons. The minimum Gasteiger partial charge on any atom is -0.481 e. The molecule has 2 aromatic rings. The summed E-state index contributed by atoms with van der Waals surface area (Å²) in [6.07, 6.45) is 14.0. The van der Waals surface area contributed by atoms with Gasteiger partial charge in [-0.3, -0.25) is 43.4 Å².